The average Bonchev–Trinajstić information content (AvgIpc) is 2.16. The minimum Gasteiger partial charge on any atom is -0.388 e. The zero-order chi connectivity index (χ0) is 12.3. The van der Waals surface area contributed by atoms with E-state index in [0.29, 0.717) is 0 Å². The van der Waals surface area contributed by atoms with Crippen LogP contribution in [0.15, 0.2) is 24.3 Å². The van der Waals surface area contributed by atoms with Gasteiger partial charge in [0.15, 0.2) is 0 Å². The van der Waals surface area contributed by atoms with Gasteiger partial charge in [0.1, 0.15) is 11.9 Å². The Morgan fingerprint density at radius 2 is 1.88 bits per heavy atom. The van der Waals surface area contributed by atoms with E-state index < -0.39 is 30.6 Å². The number of rotatable bonds is 3. The summed E-state index contributed by atoms with van der Waals surface area (Å²) in [5.74, 6) is -0.614. The smallest absolute Gasteiger partial charge is 0.388 e. The molecule has 0 aliphatic heterocycles. The van der Waals surface area contributed by atoms with Crippen molar-refractivity contribution in [1.82, 2.24) is 0 Å². The number of nitrogens with two attached hydrogens (primary N) is 1. The van der Waals surface area contributed by atoms with Gasteiger partial charge in [0, 0.05) is 6.42 Å². The van der Waals surface area contributed by atoms with E-state index in [1.54, 1.807) is 0 Å². The fourth-order valence-electron chi connectivity index (χ4n) is 1.22. The van der Waals surface area contributed by atoms with Gasteiger partial charge in [-0.05, 0) is 17.7 Å². The molecule has 3 N–H and O–H groups in total. The summed E-state index contributed by atoms with van der Waals surface area (Å²) in [5.41, 5.74) is 4.93. The lowest BCUT2D eigenvalue weighted by molar-refractivity contribution is -0.153. The summed E-state index contributed by atoms with van der Waals surface area (Å²) in [6.45, 7) is 0. The third-order valence-corrected chi connectivity index (χ3v) is 2.13. The minimum absolute atomic E-state index is 0. The van der Waals surface area contributed by atoms with Gasteiger partial charge in [-0.3, -0.25) is 0 Å². The number of aliphatic hydroxyl groups is 1. The van der Waals surface area contributed by atoms with Crippen LogP contribution in [0.5, 0.6) is 0 Å². The zero-order valence-corrected chi connectivity index (χ0v) is 9.43. The molecule has 17 heavy (non-hydrogen) atoms. The van der Waals surface area contributed by atoms with E-state index in [-0.39, 0.29) is 18.0 Å². The van der Waals surface area contributed by atoms with Gasteiger partial charge in [0.05, 0.1) is 6.10 Å². The van der Waals surface area contributed by atoms with Crippen molar-refractivity contribution < 1.29 is 22.7 Å². The normalized spacial score (nSPS) is 14.9. The summed E-state index contributed by atoms with van der Waals surface area (Å²) < 4.78 is 49.0. The molecule has 0 aromatic heterocycles. The Hall–Kier alpha value is -0.850. The van der Waals surface area contributed by atoms with Gasteiger partial charge < -0.3 is 10.8 Å². The summed E-state index contributed by atoms with van der Waals surface area (Å²) in [6, 6.07) is 2.66. The van der Waals surface area contributed by atoms with Gasteiger partial charge in [-0.2, -0.15) is 13.2 Å². The second-order valence-electron chi connectivity index (χ2n) is 3.45. The second kappa shape index (κ2) is 6.18. The highest BCUT2D eigenvalue weighted by atomic mass is 35.5. The number of hydrogen-bond donors (Lipinski definition) is 2. The summed E-state index contributed by atoms with van der Waals surface area (Å²) in [5, 5.41) is 9.43. The molecule has 1 aromatic carbocycles. The van der Waals surface area contributed by atoms with Crippen molar-refractivity contribution in [2.45, 2.75) is 24.7 Å². The number of benzene rings is 1. The lowest BCUT2D eigenvalue weighted by atomic mass is 10.0. The molecule has 0 bridgehead atoms. The Balaban J connectivity index is 0.00000256. The Bertz CT molecular complexity index is 358. The van der Waals surface area contributed by atoms with Crippen molar-refractivity contribution in [3.63, 3.8) is 0 Å². The first kappa shape index (κ1) is 16.1. The van der Waals surface area contributed by atoms with Gasteiger partial charge in [-0.15, -0.1) is 12.4 Å². The van der Waals surface area contributed by atoms with E-state index in [9.17, 15) is 22.7 Å². The van der Waals surface area contributed by atoms with E-state index in [1.165, 1.54) is 12.1 Å². The van der Waals surface area contributed by atoms with Crippen LogP contribution in [0.25, 0.3) is 0 Å². The summed E-state index contributed by atoms with van der Waals surface area (Å²) in [4.78, 5) is 0. The van der Waals surface area contributed by atoms with Crippen molar-refractivity contribution in [1.29, 1.82) is 0 Å². The topological polar surface area (TPSA) is 46.2 Å². The largest absolute Gasteiger partial charge is 0.403 e. The fourth-order valence-corrected chi connectivity index (χ4v) is 1.22. The molecule has 0 saturated heterocycles. The molecule has 0 aliphatic rings. The molecule has 7 heteroatoms. The highest BCUT2D eigenvalue weighted by molar-refractivity contribution is 5.85. The van der Waals surface area contributed by atoms with Gasteiger partial charge in [0.25, 0.3) is 0 Å². The standard InChI is InChI=1S/C10H11F4NO.ClH/c11-7-3-1-2-6(4-7)8(16)5-9(15)10(12,13)14;/h1-4,8-9,16H,5,15H2;1H/t8-,9+;/m0./s1. The first-order valence-corrected chi connectivity index (χ1v) is 4.56. The average molecular weight is 274 g/mol. The lowest BCUT2D eigenvalue weighted by Gasteiger charge is -2.19. The molecule has 98 valence electrons. The molecule has 0 amide bonds. The molecule has 2 nitrogen and oxygen atoms in total. The maximum absolute atomic E-state index is 12.7. The summed E-state index contributed by atoms with van der Waals surface area (Å²) >= 11 is 0. The quantitative estimate of drug-likeness (QED) is 0.832. The predicted octanol–water partition coefficient (Wildman–Crippen LogP) is 2.56. The van der Waals surface area contributed by atoms with Crippen molar-refractivity contribution in [2.75, 3.05) is 0 Å². The van der Waals surface area contributed by atoms with Crippen molar-refractivity contribution in [3.8, 4) is 0 Å². The van der Waals surface area contributed by atoms with Crippen LogP contribution >= 0.6 is 12.4 Å². The van der Waals surface area contributed by atoms with Crippen molar-refractivity contribution in [2.24, 2.45) is 5.73 Å². The Morgan fingerprint density at radius 3 is 2.35 bits per heavy atom. The summed E-state index contributed by atoms with van der Waals surface area (Å²) in [7, 11) is 0. The summed E-state index contributed by atoms with van der Waals surface area (Å²) in [6.07, 6.45) is -6.67. The predicted molar refractivity (Wildman–Crippen MR) is 57.3 cm³/mol. The maximum atomic E-state index is 12.7. The first-order valence-electron chi connectivity index (χ1n) is 4.56. The SMILES string of the molecule is Cl.N[C@H](C[C@H](O)c1cccc(F)c1)C(F)(F)F. The molecule has 0 aliphatic carbocycles. The second-order valence-corrected chi connectivity index (χ2v) is 3.45. The zero-order valence-electron chi connectivity index (χ0n) is 8.62. The van der Waals surface area contributed by atoms with Crippen LogP contribution in [0.3, 0.4) is 0 Å². The van der Waals surface area contributed by atoms with Crippen LogP contribution < -0.4 is 5.73 Å². The minimum atomic E-state index is -4.56. The lowest BCUT2D eigenvalue weighted by Crippen LogP contribution is -2.38. The van der Waals surface area contributed by atoms with Gasteiger partial charge in [0.2, 0.25) is 0 Å². The molecule has 0 radical (unpaired) electrons. The maximum Gasteiger partial charge on any atom is 0.403 e. The van der Waals surface area contributed by atoms with E-state index in [0.717, 1.165) is 12.1 Å². The number of hydrogen-bond acceptors (Lipinski definition) is 2. The monoisotopic (exact) mass is 273 g/mol. The van der Waals surface area contributed by atoms with Crippen LogP contribution in [-0.2, 0) is 0 Å². The number of halogens is 5. The Kier molecular flexibility index (Phi) is 5.87. The van der Waals surface area contributed by atoms with Crippen LogP contribution in [0.4, 0.5) is 17.6 Å². The molecule has 0 spiro atoms. The first-order chi connectivity index (χ1) is 7.30. The van der Waals surface area contributed by atoms with Crippen LogP contribution in [0, 0.1) is 5.82 Å². The van der Waals surface area contributed by atoms with E-state index in [4.69, 9.17) is 5.73 Å². The van der Waals surface area contributed by atoms with E-state index >= 15 is 0 Å². The Labute approximate surface area is 102 Å². The molecule has 0 heterocycles. The molecule has 0 saturated carbocycles. The van der Waals surface area contributed by atoms with Crippen LogP contribution in [-0.4, -0.2) is 17.3 Å². The van der Waals surface area contributed by atoms with Gasteiger partial charge in [-0.1, -0.05) is 12.1 Å². The molecular formula is C10H12ClF4NO. The Morgan fingerprint density at radius 1 is 1.29 bits per heavy atom. The third-order valence-electron chi connectivity index (χ3n) is 2.13. The number of aliphatic hydroxyl groups excluding tert-OH is 1. The van der Waals surface area contributed by atoms with Gasteiger partial charge in [-0.25, -0.2) is 4.39 Å². The molecule has 1 aromatic rings. The van der Waals surface area contributed by atoms with Crippen molar-refractivity contribution in [3.05, 3.63) is 35.6 Å². The third kappa shape index (κ3) is 4.89. The van der Waals surface area contributed by atoms with E-state index in [2.05, 4.69) is 0 Å². The van der Waals surface area contributed by atoms with Gasteiger partial charge >= 0.3 is 6.18 Å². The number of alkyl halides is 3. The molecule has 0 unspecified atom stereocenters. The molecule has 1 rings (SSSR count). The highest BCUT2D eigenvalue weighted by Crippen LogP contribution is 2.26. The molecule has 0 fully saturated rings. The van der Waals surface area contributed by atoms with Crippen LogP contribution in [0.2, 0.25) is 0 Å². The highest BCUT2D eigenvalue weighted by Gasteiger charge is 2.37. The van der Waals surface area contributed by atoms with Crippen molar-refractivity contribution >= 4 is 12.4 Å². The fraction of sp³-hybridized carbons (Fsp3) is 0.400. The van der Waals surface area contributed by atoms with Crippen LogP contribution in [0.1, 0.15) is 18.1 Å². The molecule has 2 atom stereocenters. The van der Waals surface area contributed by atoms with E-state index in [1.807, 2.05) is 0 Å². The molecular weight excluding hydrogens is 262 g/mol.